The lowest BCUT2D eigenvalue weighted by Crippen LogP contribution is -2.38. The van der Waals surface area contributed by atoms with Crippen LogP contribution in [0.5, 0.6) is 0 Å². The lowest BCUT2D eigenvalue weighted by molar-refractivity contribution is 0.0996. The van der Waals surface area contributed by atoms with Crippen LogP contribution in [0.1, 0.15) is 50.0 Å². The molecule has 1 amide bonds. The minimum absolute atomic E-state index is 0.0170. The molecule has 1 fully saturated rings. The van der Waals surface area contributed by atoms with Gasteiger partial charge in [0.1, 0.15) is 5.82 Å². The van der Waals surface area contributed by atoms with Crippen molar-refractivity contribution in [2.45, 2.75) is 51.6 Å². The van der Waals surface area contributed by atoms with Gasteiger partial charge in [0.05, 0.1) is 11.9 Å². The lowest BCUT2D eigenvalue weighted by Gasteiger charge is -2.22. The summed E-state index contributed by atoms with van der Waals surface area (Å²) in [6, 6.07) is -0.0304. The van der Waals surface area contributed by atoms with E-state index in [0.29, 0.717) is 17.4 Å². The summed E-state index contributed by atoms with van der Waals surface area (Å²) in [5.74, 6) is 0.712. The summed E-state index contributed by atoms with van der Waals surface area (Å²) in [4.78, 5) is 20.3. The van der Waals surface area contributed by atoms with E-state index >= 15 is 0 Å². The first kappa shape index (κ1) is 20.6. The van der Waals surface area contributed by atoms with E-state index < -0.39 is 5.91 Å². The minimum Gasteiger partial charge on any atom is -0.389 e. The summed E-state index contributed by atoms with van der Waals surface area (Å²) in [7, 11) is 0. The molecule has 0 aliphatic heterocycles. The number of carbonyl (C=O) groups excluding carboxylic acids is 1. The number of hydrogen-bond acceptors (Lipinski definition) is 8. The molecule has 2 atom stereocenters. The summed E-state index contributed by atoms with van der Waals surface area (Å²) >= 11 is 0. The zero-order chi connectivity index (χ0) is 19.8. The molecule has 1 aliphatic rings. The van der Waals surface area contributed by atoms with E-state index in [1.54, 1.807) is 6.20 Å². The molecule has 9 nitrogen and oxygen atoms in total. The van der Waals surface area contributed by atoms with Crippen molar-refractivity contribution in [3.63, 3.8) is 0 Å². The van der Waals surface area contributed by atoms with Crippen LogP contribution in [-0.4, -0.2) is 40.7 Å². The third kappa shape index (κ3) is 6.52. The van der Waals surface area contributed by atoms with Gasteiger partial charge in [-0.25, -0.2) is 9.97 Å². The number of nitrogens with two attached hydrogens (primary N) is 2. The maximum Gasteiger partial charge on any atom is 0.271 e. The molecule has 8 N–H and O–H groups in total. The van der Waals surface area contributed by atoms with Gasteiger partial charge >= 0.3 is 0 Å². The molecule has 0 aromatic carbocycles. The van der Waals surface area contributed by atoms with Gasteiger partial charge in [-0.1, -0.05) is 13.3 Å². The smallest absolute Gasteiger partial charge is 0.271 e. The molecule has 1 saturated carbocycles. The second-order valence-corrected chi connectivity index (χ2v) is 6.94. The fourth-order valence-corrected chi connectivity index (χ4v) is 2.60. The average Bonchev–Trinajstić information content (AvgIpc) is 3.44. The highest BCUT2D eigenvalue weighted by Crippen LogP contribution is 2.27. The molecule has 9 heteroatoms. The molecular formula is C18H30N8O. The summed E-state index contributed by atoms with van der Waals surface area (Å²) in [6.07, 6.45) is 8.64. The second kappa shape index (κ2) is 9.86. The summed E-state index contributed by atoms with van der Waals surface area (Å²) in [5.41, 5.74) is 11.9. The summed E-state index contributed by atoms with van der Waals surface area (Å²) in [5, 5.41) is 17.0. The number of hydrogen-bond donors (Lipinski definition) is 6. The molecule has 27 heavy (non-hydrogen) atoms. The zero-order valence-corrected chi connectivity index (χ0v) is 16.0. The highest BCUT2D eigenvalue weighted by molar-refractivity contribution is 5.97. The van der Waals surface area contributed by atoms with Crippen LogP contribution < -0.4 is 27.4 Å². The van der Waals surface area contributed by atoms with Crippen molar-refractivity contribution >= 4 is 23.8 Å². The van der Waals surface area contributed by atoms with Crippen LogP contribution in [0.3, 0.4) is 0 Å². The lowest BCUT2D eigenvalue weighted by atomic mass is 10.1. The Labute approximate surface area is 159 Å². The van der Waals surface area contributed by atoms with Gasteiger partial charge in [0.2, 0.25) is 0 Å². The fraction of sp³-hybridized carbons (Fsp3) is 0.556. The third-order valence-corrected chi connectivity index (χ3v) is 4.35. The third-order valence-electron chi connectivity index (χ3n) is 4.35. The topological polar surface area (TPSA) is 155 Å². The summed E-state index contributed by atoms with van der Waals surface area (Å²) < 4.78 is 0. The molecule has 1 aromatic heterocycles. The van der Waals surface area contributed by atoms with Crippen LogP contribution in [0.2, 0.25) is 0 Å². The van der Waals surface area contributed by atoms with Crippen molar-refractivity contribution in [1.82, 2.24) is 15.3 Å². The van der Waals surface area contributed by atoms with E-state index in [1.807, 2.05) is 6.92 Å². The number of nitrogens with one attached hydrogen (secondary N) is 4. The molecule has 0 saturated heterocycles. The number of carbonyl (C=O) groups is 1. The Morgan fingerprint density at radius 1 is 1.48 bits per heavy atom. The van der Waals surface area contributed by atoms with Gasteiger partial charge in [-0.05, 0) is 32.1 Å². The van der Waals surface area contributed by atoms with E-state index in [4.69, 9.17) is 16.9 Å². The SMILES string of the molecule is CCC[C@@H](Nc1cnc(C(N)=O)c(N/C(C=N)=C/NCC2CC2)n1)[C@H](C)N. The zero-order valence-electron chi connectivity index (χ0n) is 16.0. The molecular weight excluding hydrogens is 344 g/mol. The van der Waals surface area contributed by atoms with Gasteiger partial charge in [0.25, 0.3) is 5.91 Å². The van der Waals surface area contributed by atoms with Gasteiger partial charge in [-0.15, -0.1) is 0 Å². The first-order chi connectivity index (χ1) is 12.9. The number of nitrogens with zero attached hydrogens (tertiary/aromatic N) is 2. The minimum atomic E-state index is -0.691. The van der Waals surface area contributed by atoms with Crippen LogP contribution in [0.4, 0.5) is 11.6 Å². The Balaban J connectivity index is 2.17. The highest BCUT2D eigenvalue weighted by Gasteiger charge is 2.20. The maximum atomic E-state index is 11.7. The Bertz CT molecular complexity index is 684. The predicted molar refractivity (Wildman–Crippen MR) is 108 cm³/mol. The molecule has 0 radical (unpaired) electrons. The number of rotatable bonds is 12. The van der Waals surface area contributed by atoms with E-state index in [-0.39, 0.29) is 23.6 Å². The summed E-state index contributed by atoms with van der Waals surface area (Å²) in [6.45, 7) is 4.88. The average molecular weight is 374 g/mol. The van der Waals surface area contributed by atoms with Crippen LogP contribution in [0.15, 0.2) is 18.1 Å². The van der Waals surface area contributed by atoms with Gasteiger partial charge in [-0.2, -0.15) is 0 Å². The Hall–Kier alpha value is -2.68. The van der Waals surface area contributed by atoms with E-state index in [9.17, 15) is 4.79 Å². The van der Waals surface area contributed by atoms with Crippen molar-refractivity contribution in [3.8, 4) is 0 Å². The Morgan fingerprint density at radius 3 is 2.78 bits per heavy atom. The molecule has 0 spiro atoms. The number of allylic oxidation sites excluding steroid dienone is 1. The Kier molecular flexibility index (Phi) is 7.54. The van der Waals surface area contributed by atoms with Crippen molar-refractivity contribution in [2.75, 3.05) is 17.2 Å². The van der Waals surface area contributed by atoms with Crippen molar-refractivity contribution in [3.05, 3.63) is 23.8 Å². The number of amides is 1. The second-order valence-electron chi connectivity index (χ2n) is 6.94. The van der Waals surface area contributed by atoms with Crippen LogP contribution >= 0.6 is 0 Å². The number of anilines is 2. The first-order valence-corrected chi connectivity index (χ1v) is 9.34. The van der Waals surface area contributed by atoms with Crippen LogP contribution in [0.25, 0.3) is 0 Å². The van der Waals surface area contributed by atoms with Crippen LogP contribution in [0, 0.1) is 11.3 Å². The highest BCUT2D eigenvalue weighted by atomic mass is 16.1. The van der Waals surface area contributed by atoms with Crippen LogP contribution in [-0.2, 0) is 0 Å². The van der Waals surface area contributed by atoms with Crippen molar-refractivity contribution < 1.29 is 4.79 Å². The van der Waals surface area contributed by atoms with Gasteiger partial charge in [-0.3, -0.25) is 4.79 Å². The molecule has 1 aliphatic carbocycles. The van der Waals surface area contributed by atoms with E-state index in [0.717, 1.165) is 25.6 Å². The molecule has 0 bridgehead atoms. The normalized spacial score (nSPS) is 16.3. The largest absolute Gasteiger partial charge is 0.389 e. The van der Waals surface area contributed by atoms with Gasteiger partial charge < -0.3 is 32.8 Å². The monoisotopic (exact) mass is 374 g/mol. The molecule has 148 valence electrons. The molecule has 1 aromatic rings. The number of aromatic nitrogens is 2. The van der Waals surface area contributed by atoms with Gasteiger partial charge in [0, 0.05) is 31.0 Å². The predicted octanol–water partition coefficient (Wildman–Crippen LogP) is 1.41. The fourth-order valence-electron chi connectivity index (χ4n) is 2.60. The van der Waals surface area contributed by atoms with E-state index in [1.165, 1.54) is 19.0 Å². The molecule has 0 unspecified atom stereocenters. The van der Waals surface area contributed by atoms with Crippen molar-refractivity contribution in [2.24, 2.45) is 17.4 Å². The molecule has 2 rings (SSSR count). The quantitative estimate of drug-likeness (QED) is 0.302. The number of primary amides is 1. The van der Waals surface area contributed by atoms with Crippen molar-refractivity contribution in [1.29, 1.82) is 5.41 Å². The molecule has 1 heterocycles. The van der Waals surface area contributed by atoms with Gasteiger partial charge in [0.15, 0.2) is 11.5 Å². The van der Waals surface area contributed by atoms with E-state index in [2.05, 4.69) is 32.8 Å². The Morgan fingerprint density at radius 2 is 2.22 bits per heavy atom. The standard InChI is InChI=1S/C18H30N8O/c1-3-4-14(11(2)20)25-15-10-23-16(17(21)27)18(26-15)24-13(7-19)9-22-8-12-5-6-12/h7,9-12,14,19,22H,3-6,8,20H2,1-2H3,(H2,21,27)(H2,24,25,26)/b13-9+,19-7?/t11-,14+/m0/s1. The maximum absolute atomic E-state index is 11.7. The first-order valence-electron chi connectivity index (χ1n) is 9.34.